The van der Waals surface area contributed by atoms with Crippen molar-refractivity contribution in [2.45, 2.75) is 12.2 Å². The fourth-order valence-electron chi connectivity index (χ4n) is 2.79. The number of nitrogens with two attached hydrogens (primary N) is 1. The Morgan fingerprint density at radius 1 is 1.11 bits per heavy atom. The number of carbonyl (C=O) groups excluding carboxylic acids is 3. The molecule has 2 aromatic rings. The molecule has 0 saturated carbocycles. The third-order valence-corrected chi connectivity index (χ3v) is 4.60. The number of fused-ring (bicyclic) bond motifs is 1. The van der Waals surface area contributed by atoms with Crippen LogP contribution in [0.5, 0.6) is 0 Å². The lowest BCUT2D eigenvalue weighted by atomic mass is 10.0. The highest BCUT2D eigenvalue weighted by Crippen LogP contribution is 2.40. The maximum Gasteiger partial charge on any atom is 0.416 e. The number of nitrogens with one attached hydrogen (secondary N) is 1. The lowest BCUT2D eigenvalue weighted by Gasteiger charge is -2.14. The van der Waals surface area contributed by atoms with Crippen LogP contribution < -0.4 is 16.0 Å². The zero-order valence-electron chi connectivity index (χ0n) is 13.7. The van der Waals surface area contributed by atoms with Crippen LogP contribution in [0.1, 0.15) is 27.5 Å². The zero-order chi connectivity index (χ0) is 20.8. The maximum absolute atomic E-state index is 13.0. The van der Waals surface area contributed by atoms with Crippen LogP contribution >= 0.6 is 23.2 Å². The van der Waals surface area contributed by atoms with Crippen LogP contribution in [0.3, 0.4) is 0 Å². The van der Waals surface area contributed by atoms with E-state index < -0.39 is 35.6 Å². The van der Waals surface area contributed by atoms with E-state index in [4.69, 9.17) is 28.9 Å². The molecular weight excluding hydrogens is 422 g/mol. The number of carbonyl (C=O) groups is 3. The van der Waals surface area contributed by atoms with Gasteiger partial charge in [0.15, 0.2) is 0 Å². The van der Waals surface area contributed by atoms with Gasteiger partial charge < -0.3 is 11.1 Å². The van der Waals surface area contributed by atoms with Gasteiger partial charge in [-0.3, -0.25) is 9.59 Å². The molecule has 0 aromatic heterocycles. The summed E-state index contributed by atoms with van der Waals surface area (Å²) in [5.74, 6) is -1.77. The van der Waals surface area contributed by atoms with Gasteiger partial charge in [-0.1, -0.05) is 29.3 Å². The molecule has 4 amide bonds. The highest BCUT2D eigenvalue weighted by molar-refractivity contribution is 6.36. The molecule has 6 nitrogen and oxygen atoms in total. The van der Waals surface area contributed by atoms with Gasteiger partial charge in [-0.25, -0.2) is 9.69 Å². The molecule has 2 aromatic carbocycles. The Bertz CT molecular complexity index is 1010. The van der Waals surface area contributed by atoms with E-state index in [1.165, 1.54) is 18.2 Å². The maximum atomic E-state index is 13.0. The van der Waals surface area contributed by atoms with Gasteiger partial charge in [0, 0.05) is 10.6 Å². The first-order valence-electron chi connectivity index (χ1n) is 7.61. The van der Waals surface area contributed by atoms with Gasteiger partial charge in [-0.15, -0.1) is 0 Å². The van der Waals surface area contributed by atoms with E-state index in [1.54, 1.807) is 0 Å². The molecule has 28 heavy (non-hydrogen) atoms. The Labute approximate surface area is 166 Å². The van der Waals surface area contributed by atoms with Crippen LogP contribution in [0, 0.1) is 0 Å². The molecule has 146 valence electrons. The largest absolute Gasteiger partial charge is 0.416 e. The van der Waals surface area contributed by atoms with E-state index >= 15 is 0 Å². The molecule has 0 saturated heterocycles. The first kappa shape index (κ1) is 20.0. The summed E-state index contributed by atoms with van der Waals surface area (Å²) in [5, 5.41) is 2.65. The van der Waals surface area contributed by atoms with Gasteiger partial charge in [0.05, 0.1) is 21.8 Å². The number of amides is 4. The fourth-order valence-corrected chi connectivity index (χ4v) is 3.28. The van der Waals surface area contributed by atoms with Crippen LogP contribution in [0.15, 0.2) is 36.4 Å². The van der Waals surface area contributed by atoms with Crippen LogP contribution in [0.25, 0.3) is 0 Å². The van der Waals surface area contributed by atoms with Gasteiger partial charge in [0.1, 0.15) is 6.04 Å². The monoisotopic (exact) mass is 431 g/mol. The van der Waals surface area contributed by atoms with Crippen molar-refractivity contribution in [1.82, 2.24) is 5.32 Å². The molecular formula is C17H10Cl2F3N3O3. The number of nitrogens with zero attached hydrogens (tertiary/aromatic N) is 1. The molecule has 1 aliphatic heterocycles. The molecule has 11 heteroatoms. The molecule has 0 aliphatic carbocycles. The lowest BCUT2D eigenvalue weighted by Crippen LogP contribution is -2.43. The standard InChI is InChI=1S/C17H10Cl2F3N3O3/c18-8-2-4-9(11(19)6-8)14(26)24-13-10-3-1-7(17(20,21)22)5-12(10)25(15(13)27)16(23)28/h1-6,13H,(H2,23,28)(H,24,26). The number of benzene rings is 2. The highest BCUT2D eigenvalue weighted by atomic mass is 35.5. The van der Waals surface area contributed by atoms with Crippen LogP contribution in [-0.4, -0.2) is 17.8 Å². The molecule has 3 rings (SSSR count). The quantitative estimate of drug-likeness (QED) is 0.754. The number of alkyl halides is 3. The summed E-state index contributed by atoms with van der Waals surface area (Å²) < 4.78 is 38.9. The predicted octanol–water partition coefficient (Wildman–Crippen LogP) is 3.91. The van der Waals surface area contributed by atoms with Crippen molar-refractivity contribution in [2.24, 2.45) is 5.73 Å². The molecule has 1 unspecified atom stereocenters. The topological polar surface area (TPSA) is 92.5 Å². The number of primary amides is 1. The van der Waals surface area contributed by atoms with Crippen molar-refractivity contribution in [1.29, 1.82) is 0 Å². The number of anilines is 1. The Morgan fingerprint density at radius 3 is 2.36 bits per heavy atom. The smallest absolute Gasteiger partial charge is 0.351 e. The molecule has 0 fully saturated rings. The number of hydrogen-bond donors (Lipinski definition) is 2. The number of hydrogen-bond acceptors (Lipinski definition) is 3. The lowest BCUT2D eigenvalue weighted by molar-refractivity contribution is -0.137. The Kier molecular flexibility index (Phi) is 4.99. The van der Waals surface area contributed by atoms with E-state index in [1.807, 2.05) is 0 Å². The van der Waals surface area contributed by atoms with E-state index in [0.717, 1.165) is 12.1 Å². The van der Waals surface area contributed by atoms with Crippen LogP contribution in [0.4, 0.5) is 23.7 Å². The highest BCUT2D eigenvalue weighted by Gasteiger charge is 2.43. The minimum Gasteiger partial charge on any atom is -0.351 e. The third-order valence-electron chi connectivity index (χ3n) is 4.05. The minimum atomic E-state index is -4.69. The number of urea groups is 1. The second-order valence-electron chi connectivity index (χ2n) is 5.81. The van der Waals surface area contributed by atoms with E-state index in [9.17, 15) is 27.6 Å². The van der Waals surface area contributed by atoms with Gasteiger partial charge in [-0.2, -0.15) is 13.2 Å². The molecule has 0 radical (unpaired) electrons. The first-order valence-corrected chi connectivity index (χ1v) is 8.36. The third kappa shape index (κ3) is 3.50. The second-order valence-corrected chi connectivity index (χ2v) is 6.66. The summed E-state index contributed by atoms with van der Waals surface area (Å²) in [6, 6.07) is 3.72. The summed E-state index contributed by atoms with van der Waals surface area (Å²) >= 11 is 11.7. The second kappa shape index (κ2) is 6.99. The zero-order valence-corrected chi connectivity index (χ0v) is 15.2. The average molecular weight is 432 g/mol. The van der Waals surface area contributed by atoms with Crippen LogP contribution in [0.2, 0.25) is 10.0 Å². The SMILES string of the molecule is NC(=O)N1C(=O)C(NC(=O)c2ccc(Cl)cc2Cl)c2ccc(C(F)(F)F)cc21. The molecule has 3 N–H and O–H groups in total. The van der Waals surface area contributed by atoms with Crippen molar-refractivity contribution < 1.29 is 27.6 Å². The summed E-state index contributed by atoms with van der Waals surface area (Å²) in [6.07, 6.45) is -4.69. The van der Waals surface area contributed by atoms with Crippen molar-refractivity contribution in [3.05, 3.63) is 63.1 Å². The van der Waals surface area contributed by atoms with Gasteiger partial charge in [0.2, 0.25) is 0 Å². The van der Waals surface area contributed by atoms with Crippen molar-refractivity contribution in [3.8, 4) is 0 Å². The molecule has 1 atom stereocenters. The predicted molar refractivity (Wildman–Crippen MR) is 95.2 cm³/mol. The Balaban J connectivity index is 2.00. The molecule has 1 aliphatic rings. The molecule has 0 bridgehead atoms. The Morgan fingerprint density at radius 2 is 1.79 bits per heavy atom. The van der Waals surface area contributed by atoms with Gasteiger partial charge in [-0.05, 0) is 30.3 Å². The normalized spacial score (nSPS) is 16.1. The van der Waals surface area contributed by atoms with Crippen molar-refractivity contribution >= 4 is 46.7 Å². The minimum absolute atomic E-state index is 0.00441. The van der Waals surface area contributed by atoms with E-state index in [0.29, 0.717) is 11.0 Å². The molecule has 0 spiro atoms. The molecule has 1 heterocycles. The first-order chi connectivity index (χ1) is 13.0. The number of halogens is 5. The van der Waals surface area contributed by atoms with E-state index in [2.05, 4.69) is 5.32 Å². The van der Waals surface area contributed by atoms with Crippen molar-refractivity contribution in [3.63, 3.8) is 0 Å². The summed E-state index contributed by atoms with van der Waals surface area (Å²) in [4.78, 5) is 37.0. The van der Waals surface area contributed by atoms with Gasteiger partial charge in [0.25, 0.3) is 11.8 Å². The van der Waals surface area contributed by atoms with Crippen LogP contribution in [-0.2, 0) is 11.0 Å². The number of rotatable bonds is 2. The van der Waals surface area contributed by atoms with Gasteiger partial charge >= 0.3 is 12.2 Å². The summed E-state index contributed by atoms with van der Waals surface area (Å²) in [7, 11) is 0. The summed E-state index contributed by atoms with van der Waals surface area (Å²) in [6.45, 7) is 0. The van der Waals surface area contributed by atoms with Crippen molar-refractivity contribution in [2.75, 3.05) is 4.90 Å². The number of imide groups is 1. The summed E-state index contributed by atoms with van der Waals surface area (Å²) in [5.41, 5.74) is 3.71. The van der Waals surface area contributed by atoms with E-state index in [-0.39, 0.29) is 26.9 Å². The average Bonchev–Trinajstić information content (AvgIpc) is 2.85. The fraction of sp³-hybridized carbons (Fsp3) is 0.118. The Hall–Kier alpha value is -2.78.